The maximum absolute atomic E-state index is 10.1. The number of hydrogen-bond donors (Lipinski definition) is 2. The van der Waals surface area contributed by atoms with E-state index in [0.29, 0.717) is 17.9 Å². The Morgan fingerprint density at radius 2 is 1.81 bits per heavy atom. The molecule has 26 heavy (non-hydrogen) atoms. The van der Waals surface area contributed by atoms with E-state index < -0.39 is 0 Å². The molecule has 0 aliphatic carbocycles. The highest BCUT2D eigenvalue weighted by atomic mass is 16.5. The lowest BCUT2D eigenvalue weighted by atomic mass is 9.90. The van der Waals surface area contributed by atoms with Gasteiger partial charge in [-0.25, -0.2) is 0 Å². The molecular formula is C21H26O5. The maximum Gasteiger partial charge on any atom is 0.165 e. The lowest BCUT2D eigenvalue weighted by Crippen LogP contribution is -2.13. The van der Waals surface area contributed by atoms with Gasteiger partial charge in [-0.3, -0.25) is 0 Å². The molecule has 0 spiro atoms. The van der Waals surface area contributed by atoms with E-state index in [1.807, 2.05) is 31.2 Å². The highest BCUT2D eigenvalue weighted by Gasteiger charge is 2.37. The van der Waals surface area contributed by atoms with Crippen LogP contribution in [0.5, 0.6) is 17.2 Å². The van der Waals surface area contributed by atoms with Crippen molar-refractivity contribution >= 4 is 0 Å². The molecule has 2 N–H and O–H groups in total. The summed E-state index contributed by atoms with van der Waals surface area (Å²) in [4.78, 5) is 0. The quantitative estimate of drug-likeness (QED) is 0.796. The number of rotatable bonds is 7. The molecule has 3 rings (SSSR count). The molecule has 2 atom stereocenters. The van der Waals surface area contributed by atoms with Crippen molar-refractivity contribution in [2.75, 3.05) is 27.4 Å². The van der Waals surface area contributed by atoms with Gasteiger partial charge in [0.25, 0.3) is 0 Å². The summed E-state index contributed by atoms with van der Waals surface area (Å²) >= 11 is 0. The van der Waals surface area contributed by atoms with Gasteiger partial charge >= 0.3 is 0 Å². The number of methoxy groups -OCH3 is 2. The second-order valence-electron chi connectivity index (χ2n) is 6.60. The summed E-state index contributed by atoms with van der Waals surface area (Å²) in [5.41, 5.74) is 4.03. The van der Waals surface area contributed by atoms with E-state index in [1.54, 1.807) is 14.2 Å². The number of benzene rings is 2. The van der Waals surface area contributed by atoms with Crippen LogP contribution in [0.2, 0.25) is 0 Å². The summed E-state index contributed by atoms with van der Waals surface area (Å²) in [5.74, 6) is 1.97. The zero-order chi connectivity index (χ0) is 18.7. The summed E-state index contributed by atoms with van der Waals surface area (Å²) in [6, 6.07) is 9.98. The van der Waals surface area contributed by atoms with E-state index in [2.05, 4.69) is 6.07 Å². The van der Waals surface area contributed by atoms with Crippen molar-refractivity contribution in [3.8, 4) is 17.2 Å². The second kappa shape index (κ2) is 7.98. The van der Waals surface area contributed by atoms with E-state index in [0.717, 1.165) is 34.4 Å². The minimum Gasteiger partial charge on any atom is -0.496 e. The molecule has 5 nitrogen and oxygen atoms in total. The number of aliphatic hydroxyl groups is 2. The lowest BCUT2D eigenvalue weighted by molar-refractivity contribution is 0.157. The van der Waals surface area contributed by atoms with Crippen molar-refractivity contribution in [3.63, 3.8) is 0 Å². The van der Waals surface area contributed by atoms with Crippen molar-refractivity contribution in [3.05, 3.63) is 52.6 Å². The van der Waals surface area contributed by atoms with Gasteiger partial charge in [-0.1, -0.05) is 18.2 Å². The van der Waals surface area contributed by atoms with E-state index in [1.165, 1.54) is 0 Å². The van der Waals surface area contributed by atoms with Gasteiger partial charge in [0, 0.05) is 12.2 Å². The molecule has 0 bridgehead atoms. The van der Waals surface area contributed by atoms with E-state index in [4.69, 9.17) is 19.3 Å². The molecule has 0 radical (unpaired) electrons. The summed E-state index contributed by atoms with van der Waals surface area (Å²) in [6.07, 6.45) is 1.14. The standard InChI is InChI=1S/C21H26O5/c1-13-6-7-15(11-18(13)24-2)20-17(12-23)16-9-14(5-4-8-22)10-19(25-3)21(16)26-20/h6-7,9-11,17,20,22-23H,4-5,8,12H2,1-3H3/t17-,20+/m0/s1. The predicted octanol–water partition coefficient (Wildman–Crippen LogP) is 3.15. The smallest absolute Gasteiger partial charge is 0.165 e. The number of aryl methyl sites for hydroxylation is 2. The van der Waals surface area contributed by atoms with Crippen molar-refractivity contribution in [2.45, 2.75) is 31.8 Å². The minimum absolute atomic E-state index is 0.0273. The zero-order valence-corrected chi connectivity index (χ0v) is 15.5. The van der Waals surface area contributed by atoms with Crippen LogP contribution in [0.25, 0.3) is 0 Å². The van der Waals surface area contributed by atoms with Crippen molar-refractivity contribution < 1.29 is 24.4 Å². The van der Waals surface area contributed by atoms with Crippen LogP contribution in [0.1, 0.15) is 40.7 Å². The van der Waals surface area contributed by atoms with E-state index in [9.17, 15) is 5.11 Å². The number of fused-ring (bicyclic) bond motifs is 1. The van der Waals surface area contributed by atoms with Crippen LogP contribution >= 0.6 is 0 Å². The first kappa shape index (κ1) is 18.5. The Labute approximate surface area is 154 Å². The summed E-state index contributed by atoms with van der Waals surface area (Å²) in [5, 5.41) is 19.2. The van der Waals surface area contributed by atoms with Crippen LogP contribution in [0.4, 0.5) is 0 Å². The molecule has 140 valence electrons. The van der Waals surface area contributed by atoms with Gasteiger partial charge in [0.1, 0.15) is 11.9 Å². The average molecular weight is 358 g/mol. The summed E-state index contributed by atoms with van der Waals surface area (Å²) in [6.45, 7) is 2.11. The third-order valence-corrected chi connectivity index (χ3v) is 4.95. The van der Waals surface area contributed by atoms with Crippen molar-refractivity contribution in [1.82, 2.24) is 0 Å². The molecular weight excluding hydrogens is 332 g/mol. The van der Waals surface area contributed by atoms with E-state index >= 15 is 0 Å². The fraction of sp³-hybridized carbons (Fsp3) is 0.429. The second-order valence-corrected chi connectivity index (χ2v) is 6.60. The van der Waals surface area contributed by atoms with Crippen LogP contribution in [-0.4, -0.2) is 37.6 Å². The maximum atomic E-state index is 10.1. The molecule has 0 unspecified atom stereocenters. The lowest BCUT2D eigenvalue weighted by Gasteiger charge is -2.19. The molecule has 0 saturated heterocycles. The van der Waals surface area contributed by atoms with Crippen LogP contribution in [0.15, 0.2) is 30.3 Å². The van der Waals surface area contributed by atoms with Gasteiger partial charge in [-0.15, -0.1) is 0 Å². The van der Waals surface area contributed by atoms with Gasteiger partial charge in [0.05, 0.1) is 26.7 Å². The number of ether oxygens (including phenoxy) is 3. The van der Waals surface area contributed by atoms with E-state index in [-0.39, 0.29) is 25.2 Å². The SMILES string of the molecule is COc1cc([C@H]2Oc3c(OC)cc(CCCO)cc3[C@@H]2CO)ccc1C. The molecule has 0 amide bonds. The molecule has 0 fully saturated rings. The minimum atomic E-state index is -0.300. The highest BCUT2D eigenvalue weighted by Crippen LogP contribution is 2.51. The Bertz CT molecular complexity index is 771. The highest BCUT2D eigenvalue weighted by molar-refractivity contribution is 5.55. The fourth-order valence-corrected chi connectivity index (χ4v) is 3.54. The van der Waals surface area contributed by atoms with Crippen molar-refractivity contribution in [1.29, 1.82) is 0 Å². The Morgan fingerprint density at radius 1 is 1.04 bits per heavy atom. The van der Waals surface area contributed by atoms with Gasteiger partial charge < -0.3 is 24.4 Å². The molecule has 2 aromatic carbocycles. The Balaban J connectivity index is 2.00. The van der Waals surface area contributed by atoms with Crippen LogP contribution in [-0.2, 0) is 6.42 Å². The first-order valence-electron chi connectivity index (χ1n) is 8.86. The predicted molar refractivity (Wildman–Crippen MR) is 99.3 cm³/mol. The third-order valence-electron chi connectivity index (χ3n) is 4.95. The normalized spacial score (nSPS) is 18.3. The molecule has 1 aliphatic rings. The average Bonchev–Trinajstić information content (AvgIpc) is 3.04. The molecule has 5 heteroatoms. The third kappa shape index (κ3) is 3.37. The Kier molecular flexibility index (Phi) is 5.69. The van der Waals surface area contributed by atoms with Crippen LogP contribution in [0, 0.1) is 6.92 Å². The molecule has 0 aromatic heterocycles. The molecule has 2 aromatic rings. The monoisotopic (exact) mass is 358 g/mol. The van der Waals surface area contributed by atoms with Crippen molar-refractivity contribution in [2.24, 2.45) is 0 Å². The van der Waals surface area contributed by atoms with Gasteiger partial charge in [0.15, 0.2) is 11.5 Å². The van der Waals surface area contributed by atoms with Gasteiger partial charge in [0.2, 0.25) is 0 Å². The Hall–Kier alpha value is -2.24. The van der Waals surface area contributed by atoms with Crippen LogP contribution < -0.4 is 14.2 Å². The summed E-state index contributed by atoms with van der Waals surface area (Å²) < 4.78 is 17.2. The summed E-state index contributed by atoms with van der Waals surface area (Å²) in [7, 11) is 3.27. The van der Waals surface area contributed by atoms with Gasteiger partial charge in [-0.05, 0) is 48.6 Å². The van der Waals surface area contributed by atoms with Gasteiger partial charge in [-0.2, -0.15) is 0 Å². The largest absolute Gasteiger partial charge is 0.496 e. The topological polar surface area (TPSA) is 68.2 Å². The number of aliphatic hydroxyl groups excluding tert-OH is 2. The number of hydrogen-bond acceptors (Lipinski definition) is 5. The first-order chi connectivity index (χ1) is 12.6. The molecule has 0 saturated carbocycles. The Morgan fingerprint density at radius 3 is 2.46 bits per heavy atom. The zero-order valence-electron chi connectivity index (χ0n) is 15.5. The molecule has 1 aliphatic heterocycles. The molecule has 1 heterocycles. The fourth-order valence-electron chi connectivity index (χ4n) is 3.54. The first-order valence-corrected chi connectivity index (χ1v) is 8.86. The van der Waals surface area contributed by atoms with Crippen LogP contribution in [0.3, 0.4) is 0 Å².